The zero-order valence-corrected chi connectivity index (χ0v) is 19.3. The minimum absolute atomic E-state index is 0.632. The Kier molecular flexibility index (Phi) is 10.4. The number of rotatable bonds is 13. The number of benzene rings is 1. The number of nitrogens with zero attached hydrogens (tertiary/aromatic N) is 1. The summed E-state index contributed by atoms with van der Waals surface area (Å²) in [6.07, 6.45) is 28.5. The molecular weight excluding hydrogens is 364 g/mol. The molecule has 2 heteroatoms. The van der Waals surface area contributed by atoms with E-state index in [1.54, 1.807) is 0 Å². The third-order valence-electron chi connectivity index (χ3n) is 6.76. The third-order valence-corrected chi connectivity index (χ3v) is 6.76. The minimum Gasteiger partial charge on any atom is -0.306 e. The molecule has 3 rings (SSSR count). The second-order valence-corrected chi connectivity index (χ2v) is 9.25. The van der Waals surface area contributed by atoms with Gasteiger partial charge in [0, 0.05) is 24.0 Å². The second kappa shape index (κ2) is 13.6. The Bertz CT molecular complexity index is 654. The Hall–Kier alpha value is -1.70. The Morgan fingerprint density at radius 2 is 1.63 bits per heavy atom. The highest BCUT2D eigenvalue weighted by Crippen LogP contribution is 2.28. The van der Waals surface area contributed by atoms with Crippen LogP contribution in [0.5, 0.6) is 0 Å². The summed E-state index contributed by atoms with van der Waals surface area (Å²) in [5.74, 6) is 0. The van der Waals surface area contributed by atoms with Crippen molar-refractivity contribution in [3.05, 3.63) is 53.9 Å². The number of hydrogen-bond acceptors (Lipinski definition) is 2. The van der Waals surface area contributed by atoms with Gasteiger partial charge in [0.25, 0.3) is 0 Å². The van der Waals surface area contributed by atoms with Crippen LogP contribution < -0.4 is 5.43 Å². The van der Waals surface area contributed by atoms with Crippen molar-refractivity contribution in [3.8, 4) is 0 Å². The fourth-order valence-corrected chi connectivity index (χ4v) is 4.91. The highest BCUT2D eigenvalue weighted by Gasteiger charge is 2.20. The second-order valence-electron chi connectivity index (χ2n) is 9.25. The van der Waals surface area contributed by atoms with E-state index in [2.05, 4.69) is 60.1 Å². The van der Waals surface area contributed by atoms with Crippen LogP contribution >= 0.6 is 0 Å². The zero-order chi connectivity index (χ0) is 20.9. The zero-order valence-electron chi connectivity index (χ0n) is 19.3. The SMILES string of the molecule is CCCCCCCCCCCCc1ccc[c]c1C1=CN(C2CCCCC2)NC=C1. The summed E-state index contributed by atoms with van der Waals surface area (Å²) in [5.41, 5.74) is 7.52. The number of unbranched alkanes of at least 4 members (excludes halogenated alkanes) is 9. The predicted octanol–water partition coefficient (Wildman–Crippen LogP) is 7.96. The van der Waals surface area contributed by atoms with Crippen LogP contribution in [0.2, 0.25) is 0 Å². The van der Waals surface area contributed by atoms with Gasteiger partial charge in [0.05, 0.1) is 0 Å². The Labute approximate surface area is 185 Å². The molecule has 0 unspecified atom stereocenters. The third kappa shape index (κ3) is 7.52. The average molecular weight is 408 g/mol. The Morgan fingerprint density at radius 1 is 0.933 bits per heavy atom. The van der Waals surface area contributed by atoms with Gasteiger partial charge in [-0.2, -0.15) is 0 Å². The lowest BCUT2D eigenvalue weighted by Gasteiger charge is -2.35. The van der Waals surface area contributed by atoms with Gasteiger partial charge in [0.15, 0.2) is 0 Å². The van der Waals surface area contributed by atoms with E-state index in [9.17, 15) is 0 Å². The molecule has 1 fully saturated rings. The van der Waals surface area contributed by atoms with E-state index in [0.29, 0.717) is 6.04 Å². The summed E-state index contributed by atoms with van der Waals surface area (Å²) in [7, 11) is 0. The van der Waals surface area contributed by atoms with Crippen LogP contribution in [0.3, 0.4) is 0 Å². The van der Waals surface area contributed by atoms with E-state index in [1.165, 1.54) is 119 Å². The number of nitrogens with one attached hydrogen (secondary N) is 1. The maximum absolute atomic E-state index is 3.54. The lowest BCUT2D eigenvalue weighted by molar-refractivity contribution is 0.178. The lowest BCUT2D eigenvalue weighted by atomic mass is 9.93. The Balaban J connectivity index is 1.44. The first-order valence-electron chi connectivity index (χ1n) is 12.8. The first kappa shape index (κ1) is 23.0. The molecule has 30 heavy (non-hydrogen) atoms. The lowest BCUT2D eigenvalue weighted by Crippen LogP contribution is -2.41. The van der Waals surface area contributed by atoms with Crippen LogP contribution in [0, 0.1) is 6.07 Å². The maximum Gasteiger partial charge on any atom is 0.0497 e. The van der Waals surface area contributed by atoms with Gasteiger partial charge >= 0.3 is 0 Å². The van der Waals surface area contributed by atoms with Gasteiger partial charge in [0.2, 0.25) is 0 Å². The molecule has 1 aromatic rings. The first-order valence-corrected chi connectivity index (χ1v) is 12.8. The van der Waals surface area contributed by atoms with Gasteiger partial charge in [-0.25, -0.2) is 0 Å². The summed E-state index contributed by atoms with van der Waals surface area (Å²) in [6, 6.07) is 10.7. The minimum atomic E-state index is 0.632. The number of aryl methyl sites for hydroxylation is 1. The molecule has 1 aromatic carbocycles. The predicted molar refractivity (Wildman–Crippen MR) is 130 cm³/mol. The molecular formula is C28H43N2. The molecule has 0 saturated heterocycles. The molecule has 165 valence electrons. The van der Waals surface area contributed by atoms with Crippen LogP contribution in [0.25, 0.3) is 5.57 Å². The van der Waals surface area contributed by atoms with Gasteiger partial charge in [0.1, 0.15) is 0 Å². The number of allylic oxidation sites excluding steroid dienone is 2. The largest absolute Gasteiger partial charge is 0.306 e. The fraction of sp³-hybridized carbons (Fsp3) is 0.643. The highest BCUT2D eigenvalue weighted by molar-refractivity contribution is 5.76. The monoisotopic (exact) mass is 407 g/mol. The smallest absolute Gasteiger partial charge is 0.0497 e. The van der Waals surface area contributed by atoms with E-state index < -0.39 is 0 Å². The van der Waals surface area contributed by atoms with Crippen molar-refractivity contribution in [2.75, 3.05) is 0 Å². The van der Waals surface area contributed by atoms with Crippen molar-refractivity contribution in [2.24, 2.45) is 0 Å². The molecule has 0 amide bonds. The van der Waals surface area contributed by atoms with Crippen LogP contribution in [-0.2, 0) is 6.42 Å². The van der Waals surface area contributed by atoms with Crippen LogP contribution in [0.15, 0.2) is 36.7 Å². The van der Waals surface area contributed by atoms with Crippen LogP contribution in [0.4, 0.5) is 0 Å². The van der Waals surface area contributed by atoms with Crippen molar-refractivity contribution in [1.82, 2.24) is 10.4 Å². The van der Waals surface area contributed by atoms with E-state index in [4.69, 9.17) is 0 Å². The van der Waals surface area contributed by atoms with Gasteiger partial charge in [-0.1, -0.05) is 102 Å². The molecule has 1 saturated carbocycles. The van der Waals surface area contributed by atoms with E-state index >= 15 is 0 Å². The fourth-order valence-electron chi connectivity index (χ4n) is 4.91. The van der Waals surface area contributed by atoms with Crippen molar-refractivity contribution >= 4 is 5.57 Å². The molecule has 1 aliphatic carbocycles. The molecule has 0 spiro atoms. The molecule has 1 aliphatic heterocycles. The van der Waals surface area contributed by atoms with Gasteiger partial charge in [-0.15, -0.1) is 0 Å². The molecule has 0 bridgehead atoms. The number of hydrazine groups is 1. The summed E-state index contributed by atoms with van der Waals surface area (Å²) in [5, 5.41) is 2.35. The van der Waals surface area contributed by atoms with E-state index in [0.717, 1.165) is 0 Å². The van der Waals surface area contributed by atoms with Crippen molar-refractivity contribution < 1.29 is 0 Å². The molecule has 1 N–H and O–H groups in total. The number of hydrogen-bond donors (Lipinski definition) is 1. The van der Waals surface area contributed by atoms with Gasteiger partial charge in [-0.05, 0) is 49.0 Å². The Morgan fingerprint density at radius 3 is 2.37 bits per heavy atom. The van der Waals surface area contributed by atoms with Crippen molar-refractivity contribution in [3.63, 3.8) is 0 Å². The van der Waals surface area contributed by atoms with Crippen LogP contribution in [0.1, 0.15) is 114 Å². The summed E-state index contributed by atoms with van der Waals surface area (Å²) in [4.78, 5) is 0. The van der Waals surface area contributed by atoms with Gasteiger partial charge < -0.3 is 5.43 Å². The molecule has 2 aliphatic rings. The van der Waals surface area contributed by atoms with Crippen molar-refractivity contribution in [2.45, 2.75) is 116 Å². The van der Waals surface area contributed by atoms with E-state index in [1.807, 2.05) is 0 Å². The topological polar surface area (TPSA) is 15.3 Å². The molecule has 1 heterocycles. The molecule has 0 aromatic heterocycles. The summed E-state index contributed by atoms with van der Waals surface area (Å²) < 4.78 is 0. The summed E-state index contributed by atoms with van der Waals surface area (Å²) >= 11 is 0. The molecule has 0 atom stereocenters. The normalized spacial score (nSPS) is 17.1. The summed E-state index contributed by atoms with van der Waals surface area (Å²) in [6.45, 7) is 2.29. The molecule has 2 nitrogen and oxygen atoms in total. The standard InChI is InChI=1S/C28H43N2/c1-2-3-4-5-6-7-8-9-10-12-17-25-18-15-16-21-28(25)26-22-23-29-30(24-26)27-19-13-11-14-20-27/h15-16,18,22-24,27,29H,2-14,17,19-20H2,1H3. The maximum atomic E-state index is 3.54. The van der Waals surface area contributed by atoms with Crippen LogP contribution in [-0.4, -0.2) is 11.1 Å². The average Bonchev–Trinajstić information content (AvgIpc) is 2.81. The highest BCUT2D eigenvalue weighted by atomic mass is 15.5. The quantitative estimate of drug-likeness (QED) is 0.334. The first-order chi connectivity index (χ1) is 14.9. The van der Waals surface area contributed by atoms with Crippen molar-refractivity contribution in [1.29, 1.82) is 0 Å². The van der Waals surface area contributed by atoms with E-state index in [-0.39, 0.29) is 0 Å². The van der Waals surface area contributed by atoms with Gasteiger partial charge in [-0.3, -0.25) is 5.01 Å². The molecule has 1 radical (unpaired) electrons.